The Morgan fingerprint density at radius 3 is 2.12 bits per heavy atom. The summed E-state index contributed by atoms with van der Waals surface area (Å²) in [6.07, 6.45) is 0.932. The molecule has 0 aliphatic carbocycles. The Hall–Kier alpha value is -1.65. The van der Waals surface area contributed by atoms with Gasteiger partial charge < -0.3 is 5.11 Å². The number of nitrogens with zero attached hydrogens (tertiary/aromatic N) is 2. The fraction of sp³-hybridized carbons (Fsp3) is 0. The normalized spacial score (nSPS) is 10.5. The van der Waals surface area contributed by atoms with Crippen molar-refractivity contribution in [1.29, 1.82) is 0 Å². The standard InChI is InChI=1S/C11H3Cl4N3O5S/c12-5-3(4(10(20)21)6(13)8(15)7(5)14)9(19)17-11-16-1-2(24-11)18(22)23/h1H,(H,20,21)(H,16,17,19). The molecule has 1 heterocycles. The first-order valence-electron chi connectivity index (χ1n) is 5.66. The number of hydrogen-bond acceptors (Lipinski definition) is 6. The third-order valence-electron chi connectivity index (χ3n) is 2.60. The van der Waals surface area contributed by atoms with Crippen LogP contribution in [0.2, 0.25) is 20.1 Å². The second-order valence-corrected chi connectivity index (χ2v) is 6.55. The number of rotatable bonds is 4. The minimum Gasteiger partial charge on any atom is -0.478 e. The number of carboxylic acid groups (broad SMARTS) is 1. The molecule has 0 saturated carbocycles. The van der Waals surface area contributed by atoms with E-state index in [2.05, 4.69) is 10.3 Å². The number of aromatic carboxylic acids is 1. The summed E-state index contributed by atoms with van der Waals surface area (Å²) in [7, 11) is 0. The molecule has 0 radical (unpaired) electrons. The predicted octanol–water partition coefficient (Wildman–Crippen LogP) is 4.62. The number of halogens is 4. The van der Waals surface area contributed by atoms with Gasteiger partial charge in [-0.25, -0.2) is 9.78 Å². The van der Waals surface area contributed by atoms with Crippen molar-refractivity contribution >= 4 is 79.7 Å². The van der Waals surface area contributed by atoms with Gasteiger partial charge in [0.15, 0.2) is 5.13 Å². The van der Waals surface area contributed by atoms with Crippen LogP contribution in [0.3, 0.4) is 0 Å². The zero-order chi connectivity index (χ0) is 18.2. The highest BCUT2D eigenvalue weighted by Gasteiger charge is 2.29. The monoisotopic (exact) mass is 429 g/mol. The fourth-order valence-corrected chi connectivity index (χ4v) is 3.26. The molecular formula is C11H3Cl4N3O5S. The Balaban J connectivity index is 2.52. The van der Waals surface area contributed by atoms with Crippen molar-refractivity contribution in [3.8, 4) is 0 Å². The van der Waals surface area contributed by atoms with E-state index in [0.717, 1.165) is 6.20 Å². The van der Waals surface area contributed by atoms with Gasteiger partial charge in [-0.3, -0.25) is 20.2 Å². The molecular weight excluding hydrogens is 428 g/mol. The lowest BCUT2D eigenvalue weighted by Gasteiger charge is -2.13. The first-order chi connectivity index (χ1) is 11.1. The Morgan fingerprint density at radius 1 is 1.12 bits per heavy atom. The second kappa shape index (κ2) is 7.08. The highest BCUT2D eigenvalue weighted by Crippen LogP contribution is 2.42. The van der Waals surface area contributed by atoms with Crippen LogP contribution in [0, 0.1) is 10.1 Å². The van der Waals surface area contributed by atoms with E-state index in [1.54, 1.807) is 0 Å². The van der Waals surface area contributed by atoms with Crippen LogP contribution in [-0.4, -0.2) is 26.9 Å². The van der Waals surface area contributed by atoms with E-state index >= 15 is 0 Å². The molecule has 2 rings (SSSR count). The van der Waals surface area contributed by atoms with E-state index < -0.39 is 38.0 Å². The molecule has 1 amide bonds. The first-order valence-corrected chi connectivity index (χ1v) is 7.98. The molecule has 0 aliphatic heterocycles. The van der Waals surface area contributed by atoms with Crippen LogP contribution in [0.4, 0.5) is 10.1 Å². The van der Waals surface area contributed by atoms with Crippen LogP contribution < -0.4 is 5.32 Å². The van der Waals surface area contributed by atoms with E-state index in [1.165, 1.54) is 0 Å². The summed E-state index contributed by atoms with van der Waals surface area (Å²) in [6.45, 7) is 0. The van der Waals surface area contributed by atoms with Crippen molar-refractivity contribution in [2.45, 2.75) is 0 Å². The van der Waals surface area contributed by atoms with Crippen molar-refractivity contribution in [3.63, 3.8) is 0 Å². The van der Waals surface area contributed by atoms with E-state index in [4.69, 9.17) is 46.4 Å². The molecule has 0 unspecified atom stereocenters. The van der Waals surface area contributed by atoms with Crippen molar-refractivity contribution in [2.75, 3.05) is 5.32 Å². The number of hydrogen-bond donors (Lipinski definition) is 2. The van der Waals surface area contributed by atoms with Gasteiger partial charge in [0.05, 0.1) is 36.1 Å². The van der Waals surface area contributed by atoms with Gasteiger partial charge in [0.25, 0.3) is 5.91 Å². The van der Waals surface area contributed by atoms with E-state index in [1.807, 2.05) is 0 Å². The summed E-state index contributed by atoms with van der Waals surface area (Å²) in [5.74, 6) is -2.57. The highest BCUT2D eigenvalue weighted by atomic mass is 35.5. The smallest absolute Gasteiger partial charge is 0.345 e. The molecule has 8 nitrogen and oxygen atoms in total. The molecule has 0 bridgehead atoms. The minimum absolute atomic E-state index is 0.138. The highest BCUT2D eigenvalue weighted by molar-refractivity contribution is 7.18. The van der Waals surface area contributed by atoms with Crippen LogP contribution in [-0.2, 0) is 0 Å². The van der Waals surface area contributed by atoms with Crippen molar-refractivity contribution in [3.05, 3.63) is 47.5 Å². The number of carboxylic acids is 1. The molecule has 24 heavy (non-hydrogen) atoms. The molecule has 1 aromatic carbocycles. The number of anilines is 1. The second-order valence-electron chi connectivity index (χ2n) is 4.03. The zero-order valence-corrected chi connectivity index (χ0v) is 14.8. The number of carbonyl (C=O) groups excluding carboxylic acids is 1. The molecule has 0 aliphatic rings. The Kier molecular flexibility index (Phi) is 5.51. The molecule has 0 spiro atoms. The number of nitro groups is 1. The molecule has 2 N–H and O–H groups in total. The topological polar surface area (TPSA) is 122 Å². The number of carbonyl (C=O) groups is 2. The van der Waals surface area contributed by atoms with Gasteiger partial charge in [0.2, 0.25) is 0 Å². The van der Waals surface area contributed by atoms with E-state index in [9.17, 15) is 24.8 Å². The maximum atomic E-state index is 12.3. The number of amides is 1. The van der Waals surface area contributed by atoms with Crippen LogP contribution in [0.1, 0.15) is 20.7 Å². The van der Waals surface area contributed by atoms with Crippen molar-refractivity contribution < 1.29 is 19.6 Å². The van der Waals surface area contributed by atoms with Crippen LogP contribution in [0.15, 0.2) is 6.20 Å². The lowest BCUT2D eigenvalue weighted by molar-refractivity contribution is -0.380. The molecule has 0 atom stereocenters. The van der Waals surface area contributed by atoms with Gasteiger partial charge in [0.1, 0.15) is 6.20 Å². The average molecular weight is 431 g/mol. The number of thiazole rings is 1. The van der Waals surface area contributed by atoms with E-state index in [-0.39, 0.29) is 20.2 Å². The molecule has 1 aromatic heterocycles. The maximum Gasteiger partial charge on any atom is 0.345 e. The van der Waals surface area contributed by atoms with Crippen molar-refractivity contribution in [1.82, 2.24) is 4.98 Å². The maximum absolute atomic E-state index is 12.3. The largest absolute Gasteiger partial charge is 0.478 e. The van der Waals surface area contributed by atoms with Gasteiger partial charge in [-0.1, -0.05) is 46.4 Å². The van der Waals surface area contributed by atoms with Gasteiger partial charge in [-0.2, -0.15) is 0 Å². The van der Waals surface area contributed by atoms with Gasteiger partial charge in [0, 0.05) is 0 Å². The Labute approximate surface area is 157 Å². The van der Waals surface area contributed by atoms with Crippen LogP contribution in [0.5, 0.6) is 0 Å². The molecule has 13 heteroatoms. The zero-order valence-electron chi connectivity index (χ0n) is 11.0. The predicted molar refractivity (Wildman–Crippen MR) is 90.2 cm³/mol. The third kappa shape index (κ3) is 3.40. The van der Waals surface area contributed by atoms with E-state index in [0.29, 0.717) is 11.3 Å². The summed E-state index contributed by atoms with van der Waals surface area (Å²) in [5.41, 5.74) is -1.19. The molecule has 0 fully saturated rings. The molecule has 2 aromatic rings. The number of aromatic nitrogens is 1. The molecule has 0 saturated heterocycles. The summed E-state index contributed by atoms with van der Waals surface area (Å²) >= 11 is 23.9. The first kappa shape index (κ1) is 18.7. The quantitative estimate of drug-likeness (QED) is 0.316. The third-order valence-corrected chi connectivity index (χ3v) is 5.27. The fourth-order valence-electron chi connectivity index (χ4n) is 1.61. The van der Waals surface area contributed by atoms with Gasteiger partial charge >= 0.3 is 11.0 Å². The lowest BCUT2D eigenvalue weighted by atomic mass is 10.1. The SMILES string of the molecule is O=C(O)c1c(Cl)c(Cl)c(Cl)c(Cl)c1C(=O)Nc1ncc([N+](=O)[O-])s1. The van der Waals surface area contributed by atoms with Crippen molar-refractivity contribution in [2.24, 2.45) is 0 Å². The van der Waals surface area contributed by atoms with Gasteiger partial charge in [-0.15, -0.1) is 0 Å². The minimum atomic E-state index is -1.56. The lowest BCUT2D eigenvalue weighted by Crippen LogP contribution is -2.18. The summed E-state index contributed by atoms with van der Waals surface area (Å²) in [5, 5.41) is 20.1. The number of nitrogens with one attached hydrogen (secondary N) is 1. The Bertz CT molecular complexity index is 885. The van der Waals surface area contributed by atoms with Crippen LogP contribution in [0.25, 0.3) is 0 Å². The summed E-state index contributed by atoms with van der Waals surface area (Å²) in [4.78, 5) is 37.3. The Morgan fingerprint density at radius 2 is 1.67 bits per heavy atom. The summed E-state index contributed by atoms with van der Waals surface area (Å²) in [6, 6.07) is 0. The summed E-state index contributed by atoms with van der Waals surface area (Å²) < 4.78 is 0. The number of benzene rings is 1. The average Bonchev–Trinajstić information content (AvgIpc) is 2.96. The van der Waals surface area contributed by atoms with Gasteiger partial charge in [-0.05, 0) is 11.3 Å². The van der Waals surface area contributed by atoms with Crippen LogP contribution >= 0.6 is 57.7 Å². The molecule has 126 valence electrons.